The van der Waals surface area contributed by atoms with Crippen LogP contribution in [0, 0.1) is 13.8 Å². The molecule has 7 heteroatoms. The first-order chi connectivity index (χ1) is 14.4. The summed E-state index contributed by atoms with van der Waals surface area (Å²) in [5, 5.41) is 5.27. The largest absolute Gasteiger partial charge is 0.486 e. The Labute approximate surface area is 181 Å². The first kappa shape index (κ1) is 20.3. The number of benzene rings is 2. The summed E-state index contributed by atoms with van der Waals surface area (Å²) in [4.78, 5) is 14.9. The lowest BCUT2D eigenvalue weighted by Crippen LogP contribution is -2.42. The van der Waals surface area contributed by atoms with Gasteiger partial charge in [0.1, 0.15) is 6.61 Å². The number of likely N-dealkylation sites (N-methyl/N-ethyl adjacent to an activating group) is 1. The van der Waals surface area contributed by atoms with Gasteiger partial charge in [0, 0.05) is 17.8 Å². The molecule has 0 bridgehead atoms. The third-order valence-electron chi connectivity index (χ3n) is 5.27. The van der Waals surface area contributed by atoms with Gasteiger partial charge in [0.25, 0.3) is 5.91 Å². The van der Waals surface area contributed by atoms with E-state index < -0.39 is 0 Å². The number of amides is 1. The number of halogens is 1. The fraction of sp³-hybridized carbons (Fsp3) is 0.304. The Morgan fingerprint density at radius 3 is 2.63 bits per heavy atom. The molecular weight excluding hydrogens is 402 g/mol. The van der Waals surface area contributed by atoms with Gasteiger partial charge in [-0.15, -0.1) is 0 Å². The van der Waals surface area contributed by atoms with Crippen LogP contribution in [0.15, 0.2) is 48.5 Å². The molecule has 1 amide bonds. The molecule has 0 spiro atoms. The van der Waals surface area contributed by atoms with Gasteiger partial charge in [0.05, 0.1) is 24.3 Å². The molecule has 0 saturated heterocycles. The molecule has 1 aromatic heterocycles. The lowest BCUT2D eigenvalue weighted by atomic mass is 10.1. The first-order valence-electron chi connectivity index (χ1n) is 9.85. The van der Waals surface area contributed by atoms with E-state index in [0.29, 0.717) is 41.7 Å². The number of ether oxygens (including phenoxy) is 2. The second-order valence-electron chi connectivity index (χ2n) is 7.48. The number of aromatic nitrogens is 2. The second kappa shape index (κ2) is 8.40. The summed E-state index contributed by atoms with van der Waals surface area (Å²) in [5.74, 6) is 1.35. The van der Waals surface area contributed by atoms with Crippen molar-refractivity contribution in [3.8, 4) is 11.5 Å². The van der Waals surface area contributed by atoms with Gasteiger partial charge in [0.2, 0.25) is 0 Å². The molecule has 2 aromatic carbocycles. The number of hydrogen-bond acceptors (Lipinski definition) is 4. The molecule has 0 saturated carbocycles. The average Bonchev–Trinajstić information content (AvgIpc) is 3.02. The number of rotatable bonds is 5. The number of carbonyl (C=O) groups excluding carboxylic acids is 1. The average molecular weight is 426 g/mol. The van der Waals surface area contributed by atoms with E-state index in [9.17, 15) is 4.79 Å². The number of carbonyl (C=O) groups is 1. The van der Waals surface area contributed by atoms with Crippen LogP contribution in [0.2, 0.25) is 5.02 Å². The van der Waals surface area contributed by atoms with Crippen LogP contribution in [-0.4, -0.2) is 46.9 Å². The summed E-state index contributed by atoms with van der Waals surface area (Å²) in [6.45, 7) is 5.10. The van der Waals surface area contributed by atoms with Gasteiger partial charge in [-0.2, -0.15) is 5.10 Å². The number of para-hydroxylation sites is 2. The van der Waals surface area contributed by atoms with E-state index in [1.165, 1.54) is 0 Å². The Hall–Kier alpha value is -2.99. The van der Waals surface area contributed by atoms with E-state index in [4.69, 9.17) is 21.1 Å². The second-order valence-corrected chi connectivity index (χ2v) is 7.89. The molecule has 1 aliphatic heterocycles. The highest BCUT2D eigenvalue weighted by Crippen LogP contribution is 2.31. The highest BCUT2D eigenvalue weighted by Gasteiger charge is 2.27. The Morgan fingerprint density at radius 1 is 1.17 bits per heavy atom. The van der Waals surface area contributed by atoms with Crippen molar-refractivity contribution in [3.05, 3.63) is 76.1 Å². The molecule has 30 heavy (non-hydrogen) atoms. The molecule has 0 aliphatic carbocycles. The summed E-state index contributed by atoms with van der Waals surface area (Å²) in [6, 6.07) is 15.2. The van der Waals surface area contributed by atoms with Crippen LogP contribution in [-0.2, 0) is 6.54 Å². The van der Waals surface area contributed by atoms with Crippen LogP contribution in [0.4, 0.5) is 0 Å². The van der Waals surface area contributed by atoms with Crippen molar-refractivity contribution in [2.24, 2.45) is 0 Å². The summed E-state index contributed by atoms with van der Waals surface area (Å²) >= 11 is 6.29. The number of fused-ring (bicyclic) bond motifs is 1. The summed E-state index contributed by atoms with van der Waals surface area (Å²) < 4.78 is 13.6. The van der Waals surface area contributed by atoms with Crippen molar-refractivity contribution in [2.75, 3.05) is 20.2 Å². The molecule has 0 N–H and O–H groups in total. The van der Waals surface area contributed by atoms with Crippen molar-refractivity contribution in [2.45, 2.75) is 26.5 Å². The molecule has 3 aromatic rings. The normalized spacial score (nSPS) is 15.1. The van der Waals surface area contributed by atoms with Crippen LogP contribution in [0.5, 0.6) is 11.5 Å². The minimum Gasteiger partial charge on any atom is -0.486 e. The molecule has 1 atom stereocenters. The topological polar surface area (TPSA) is 56.6 Å². The molecule has 1 unspecified atom stereocenters. The summed E-state index contributed by atoms with van der Waals surface area (Å²) in [7, 11) is 1.77. The number of nitrogens with zero attached hydrogens (tertiary/aromatic N) is 3. The molecular formula is C23H24ClN3O3. The maximum atomic E-state index is 13.2. The van der Waals surface area contributed by atoms with Crippen molar-refractivity contribution < 1.29 is 14.3 Å². The molecule has 156 valence electrons. The van der Waals surface area contributed by atoms with Gasteiger partial charge in [0.15, 0.2) is 17.6 Å². The minimum absolute atomic E-state index is 0.0853. The summed E-state index contributed by atoms with van der Waals surface area (Å²) in [6.07, 6.45) is -0.229. The van der Waals surface area contributed by atoms with Crippen molar-refractivity contribution in [3.63, 3.8) is 0 Å². The Balaban J connectivity index is 1.48. The monoisotopic (exact) mass is 425 g/mol. The maximum absolute atomic E-state index is 13.2. The predicted molar refractivity (Wildman–Crippen MR) is 116 cm³/mol. The van der Waals surface area contributed by atoms with Gasteiger partial charge in [-0.25, -0.2) is 0 Å². The molecule has 4 rings (SSSR count). The van der Waals surface area contributed by atoms with E-state index in [2.05, 4.69) is 5.10 Å². The predicted octanol–water partition coefficient (Wildman–Crippen LogP) is 4.11. The smallest absolute Gasteiger partial charge is 0.257 e. The standard InChI is InChI=1S/C23H24ClN3O3/c1-15-22(16(2)27(25-15)12-17-8-4-5-9-19(17)24)23(28)26(3)13-18-14-29-20-10-6-7-11-21(20)30-18/h4-11,18H,12-14H2,1-3H3. The molecule has 6 nitrogen and oxygen atoms in total. The molecule has 1 aliphatic rings. The quantitative estimate of drug-likeness (QED) is 0.617. The van der Waals surface area contributed by atoms with Gasteiger partial charge in [-0.1, -0.05) is 41.9 Å². The van der Waals surface area contributed by atoms with Crippen molar-refractivity contribution in [1.29, 1.82) is 0 Å². The number of aryl methyl sites for hydroxylation is 1. The number of hydrogen-bond donors (Lipinski definition) is 0. The van der Waals surface area contributed by atoms with E-state index in [0.717, 1.165) is 17.0 Å². The van der Waals surface area contributed by atoms with Crippen LogP contribution in [0.25, 0.3) is 0 Å². The van der Waals surface area contributed by atoms with Gasteiger partial charge in [-0.05, 0) is 37.6 Å². The van der Waals surface area contributed by atoms with E-state index >= 15 is 0 Å². The zero-order chi connectivity index (χ0) is 21.3. The molecule has 2 heterocycles. The third kappa shape index (κ3) is 4.00. The Bertz CT molecular complexity index is 1080. The third-order valence-corrected chi connectivity index (χ3v) is 5.63. The Kier molecular flexibility index (Phi) is 5.68. The van der Waals surface area contributed by atoms with Crippen LogP contribution in [0.1, 0.15) is 27.3 Å². The van der Waals surface area contributed by atoms with E-state index in [1.807, 2.05) is 67.1 Å². The fourth-order valence-electron chi connectivity index (χ4n) is 3.68. The Morgan fingerprint density at radius 2 is 1.87 bits per heavy atom. The zero-order valence-corrected chi connectivity index (χ0v) is 18.0. The van der Waals surface area contributed by atoms with E-state index in [-0.39, 0.29) is 12.0 Å². The maximum Gasteiger partial charge on any atom is 0.257 e. The van der Waals surface area contributed by atoms with Crippen LogP contribution >= 0.6 is 11.6 Å². The minimum atomic E-state index is -0.229. The lowest BCUT2D eigenvalue weighted by molar-refractivity contribution is 0.0520. The van der Waals surface area contributed by atoms with Crippen molar-refractivity contribution in [1.82, 2.24) is 14.7 Å². The zero-order valence-electron chi connectivity index (χ0n) is 17.3. The first-order valence-corrected chi connectivity index (χ1v) is 10.2. The van der Waals surface area contributed by atoms with E-state index in [1.54, 1.807) is 11.9 Å². The van der Waals surface area contributed by atoms with Crippen LogP contribution < -0.4 is 9.47 Å². The molecule has 0 fully saturated rings. The summed E-state index contributed by atoms with van der Waals surface area (Å²) in [5.41, 5.74) is 3.09. The van der Waals surface area contributed by atoms with Gasteiger partial charge in [-0.3, -0.25) is 9.48 Å². The fourth-order valence-corrected chi connectivity index (χ4v) is 3.88. The lowest BCUT2D eigenvalue weighted by Gasteiger charge is -2.29. The van der Waals surface area contributed by atoms with Crippen molar-refractivity contribution >= 4 is 17.5 Å². The molecule has 0 radical (unpaired) electrons. The van der Waals surface area contributed by atoms with Gasteiger partial charge < -0.3 is 14.4 Å². The van der Waals surface area contributed by atoms with Crippen LogP contribution in [0.3, 0.4) is 0 Å². The van der Waals surface area contributed by atoms with Gasteiger partial charge >= 0.3 is 0 Å². The highest BCUT2D eigenvalue weighted by molar-refractivity contribution is 6.31. The highest BCUT2D eigenvalue weighted by atomic mass is 35.5. The SMILES string of the molecule is Cc1nn(Cc2ccccc2Cl)c(C)c1C(=O)N(C)CC1COc2ccccc2O1.